The number of nitrogens with zero attached hydrogens (tertiary/aromatic N) is 3. The van der Waals surface area contributed by atoms with Gasteiger partial charge in [-0.05, 0) is 37.5 Å². The number of aryl methyl sites for hydroxylation is 1. The molecule has 1 aliphatic heterocycles. The predicted octanol–water partition coefficient (Wildman–Crippen LogP) is 3.39. The average Bonchev–Trinajstić information content (AvgIpc) is 3.49. The van der Waals surface area contributed by atoms with Crippen LogP contribution in [-0.2, 0) is 14.8 Å². The van der Waals surface area contributed by atoms with E-state index in [0.29, 0.717) is 49.7 Å². The van der Waals surface area contributed by atoms with Gasteiger partial charge in [0.25, 0.3) is 0 Å². The van der Waals surface area contributed by atoms with Gasteiger partial charge in [-0.1, -0.05) is 12.8 Å². The van der Waals surface area contributed by atoms with Gasteiger partial charge < -0.3 is 25.1 Å². The summed E-state index contributed by atoms with van der Waals surface area (Å²) < 4.78 is 38.3. The molecular formula is C23H30N6O4S. The number of aromatic nitrogens is 3. The third-order valence-corrected chi connectivity index (χ3v) is 8.35. The molecule has 182 valence electrons. The topological polar surface area (TPSA) is 121 Å². The van der Waals surface area contributed by atoms with Crippen LogP contribution in [0.15, 0.2) is 29.3 Å². The van der Waals surface area contributed by atoms with E-state index in [0.717, 1.165) is 35.3 Å². The largest absolute Gasteiger partial charge is 0.495 e. The second-order valence-corrected chi connectivity index (χ2v) is 10.7. The highest BCUT2D eigenvalue weighted by Gasteiger charge is 2.27. The summed E-state index contributed by atoms with van der Waals surface area (Å²) in [5.41, 5.74) is 2.40. The fourth-order valence-corrected chi connectivity index (χ4v) is 6.03. The number of hydrogen-bond acceptors (Lipinski definition) is 8. The number of ether oxygens (including phenoxy) is 2. The van der Waals surface area contributed by atoms with Crippen molar-refractivity contribution in [1.82, 2.24) is 19.3 Å². The molecule has 1 saturated carbocycles. The molecule has 2 aliphatic rings. The molecule has 3 aromatic rings. The number of sulfonamides is 1. The Morgan fingerprint density at radius 2 is 1.94 bits per heavy atom. The minimum atomic E-state index is -3.63. The van der Waals surface area contributed by atoms with Crippen LogP contribution in [0.2, 0.25) is 0 Å². The number of H-pyrrole nitrogens is 1. The van der Waals surface area contributed by atoms with Gasteiger partial charge in [-0.15, -0.1) is 0 Å². The summed E-state index contributed by atoms with van der Waals surface area (Å²) in [6, 6.07) is 5.19. The third-order valence-electron chi connectivity index (χ3n) is 6.45. The van der Waals surface area contributed by atoms with Crippen molar-refractivity contribution in [3.8, 4) is 5.75 Å². The van der Waals surface area contributed by atoms with E-state index in [-0.39, 0.29) is 4.90 Å². The van der Waals surface area contributed by atoms with Crippen molar-refractivity contribution in [3.63, 3.8) is 0 Å². The normalized spacial score (nSPS) is 17.8. The van der Waals surface area contributed by atoms with Gasteiger partial charge in [0.2, 0.25) is 16.0 Å². The van der Waals surface area contributed by atoms with Gasteiger partial charge in [-0.25, -0.2) is 8.42 Å². The smallest absolute Gasteiger partial charge is 0.243 e. The fourth-order valence-electron chi connectivity index (χ4n) is 4.60. The molecule has 2 fully saturated rings. The molecule has 11 heteroatoms. The first-order valence-corrected chi connectivity index (χ1v) is 13.0. The molecule has 0 atom stereocenters. The number of benzene rings is 1. The van der Waals surface area contributed by atoms with Gasteiger partial charge in [0, 0.05) is 31.4 Å². The van der Waals surface area contributed by atoms with Gasteiger partial charge in [0.15, 0.2) is 0 Å². The summed E-state index contributed by atoms with van der Waals surface area (Å²) in [5, 5.41) is 7.79. The monoisotopic (exact) mass is 486 g/mol. The van der Waals surface area contributed by atoms with Crippen molar-refractivity contribution >= 4 is 38.5 Å². The van der Waals surface area contributed by atoms with Crippen LogP contribution in [0.1, 0.15) is 31.2 Å². The summed E-state index contributed by atoms with van der Waals surface area (Å²) in [6.07, 6.45) is 6.63. The molecule has 1 aliphatic carbocycles. The van der Waals surface area contributed by atoms with Crippen LogP contribution >= 0.6 is 0 Å². The standard InChI is InChI=1S/C23H30N6O4S/c1-15-14-24-21-20(15)22(25-16-5-3-4-6-16)28-23(27-21)26-18-8-7-17(13-19(18)32-2)34(30,31)29-9-11-33-12-10-29/h7-8,13-14,16H,3-6,9-12H2,1-2H3,(H3,24,25,26,27,28). The SMILES string of the molecule is COc1cc(S(=O)(=O)N2CCOCC2)ccc1Nc1nc(NC2CCCC2)c2c(C)c[nH]c2n1. The number of nitrogens with one attached hydrogen (secondary N) is 3. The fraction of sp³-hybridized carbons (Fsp3) is 0.478. The molecule has 0 bridgehead atoms. The Morgan fingerprint density at radius 1 is 1.18 bits per heavy atom. The van der Waals surface area contributed by atoms with Crippen molar-refractivity contribution in [3.05, 3.63) is 30.0 Å². The average molecular weight is 487 g/mol. The molecule has 1 saturated heterocycles. The number of rotatable bonds is 7. The summed E-state index contributed by atoms with van der Waals surface area (Å²) >= 11 is 0. The van der Waals surface area contributed by atoms with Gasteiger partial charge in [-0.3, -0.25) is 0 Å². The van der Waals surface area contributed by atoms with Gasteiger partial charge in [0.05, 0.1) is 36.3 Å². The van der Waals surface area contributed by atoms with E-state index in [9.17, 15) is 8.42 Å². The van der Waals surface area contributed by atoms with Crippen LogP contribution in [0.25, 0.3) is 11.0 Å². The molecular weight excluding hydrogens is 456 g/mol. The quantitative estimate of drug-likeness (QED) is 0.465. The molecule has 3 N–H and O–H groups in total. The van der Waals surface area contributed by atoms with Crippen LogP contribution in [0.3, 0.4) is 0 Å². The van der Waals surface area contributed by atoms with Gasteiger partial charge in [-0.2, -0.15) is 14.3 Å². The predicted molar refractivity (Wildman–Crippen MR) is 130 cm³/mol. The zero-order chi connectivity index (χ0) is 23.7. The molecule has 1 aromatic carbocycles. The second kappa shape index (κ2) is 9.40. The van der Waals surface area contributed by atoms with Crippen LogP contribution in [0, 0.1) is 6.92 Å². The Balaban J connectivity index is 1.45. The molecule has 2 aromatic heterocycles. The Hall–Kier alpha value is -2.89. The second-order valence-electron chi connectivity index (χ2n) is 8.72. The summed E-state index contributed by atoms with van der Waals surface area (Å²) in [5.74, 6) is 1.59. The first-order chi connectivity index (χ1) is 16.5. The maximum absolute atomic E-state index is 13.0. The summed E-state index contributed by atoms with van der Waals surface area (Å²) in [7, 11) is -2.12. The van der Waals surface area contributed by atoms with Crippen molar-refractivity contribution in [2.75, 3.05) is 44.0 Å². The zero-order valence-corrected chi connectivity index (χ0v) is 20.2. The van der Waals surface area contributed by atoms with Crippen LogP contribution < -0.4 is 15.4 Å². The van der Waals surface area contributed by atoms with Crippen molar-refractivity contribution in [1.29, 1.82) is 0 Å². The molecule has 0 unspecified atom stereocenters. The van der Waals surface area contributed by atoms with Crippen molar-refractivity contribution < 1.29 is 17.9 Å². The molecule has 0 amide bonds. The molecule has 0 radical (unpaired) electrons. The lowest BCUT2D eigenvalue weighted by atomic mass is 10.2. The zero-order valence-electron chi connectivity index (χ0n) is 19.4. The van der Waals surface area contributed by atoms with E-state index >= 15 is 0 Å². The first-order valence-electron chi connectivity index (χ1n) is 11.6. The molecule has 3 heterocycles. The Labute approximate surface area is 199 Å². The van der Waals surface area contributed by atoms with E-state index in [1.54, 1.807) is 12.1 Å². The maximum Gasteiger partial charge on any atom is 0.243 e. The Kier molecular flexibility index (Phi) is 6.32. The molecule has 0 spiro atoms. The van der Waals surface area contributed by atoms with Crippen molar-refractivity contribution in [2.45, 2.75) is 43.5 Å². The molecule has 10 nitrogen and oxygen atoms in total. The first kappa shape index (κ1) is 22.9. The van der Waals surface area contributed by atoms with E-state index in [2.05, 4.69) is 20.6 Å². The number of anilines is 3. The third kappa shape index (κ3) is 4.42. The molecule has 34 heavy (non-hydrogen) atoms. The lowest BCUT2D eigenvalue weighted by Gasteiger charge is -2.26. The van der Waals surface area contributed by atoms with Crippen LogP contribution in [0.4, 0.5) is 17.5 Å². The summed E-state index contributed by atoms with van der Waals surface area (Å²) in [4.78, 5) is 12.8. The van der Waals surface area contributed by atoms with E-state index in [1.807, 2.05) is 13.1 Å². The number of morpholine rings is 1. The van der Waals surface area contributed by atoms with Gasteiger partial charge >= 0.3 is 0 Å². The number of methoxy groups -OCH3 is 1. The lowest BCUT2D eigenvalue weighted by molar-refractivity contribution is 0.0730. The van der Waals surface area contributed by atoms with Gasteiger partial charge in [0.1, 0.15) is 17.2 Å². The highest BCUT2D eigenvalue weighted by molar-refractivity contribution is 7.89. The lowest BCUT2D eigenvalue weighted by Crippen LogP contribution is -2.40. The highest BCUT2D eigenvalue weighted by atomic mass is 32.2. The van der Waals surface area contributed by atoms with E-state index in [4.69, 9.17) is 14.5 Å². The number of fused-ring (bicyclic) bond motifs is 1. The van der Waals surface area contributed by atoms with Crippen LogP contribution in [0.5, 0.6) is 5.75 Å². The summed E-state index contributed by atoms with van der Waals surface area (Å²) in [6.45, 7) is 3.50. The van der Waals surface area contributed by atoms with E-state index < -0.39 is 10.0 Å². The Bertz CT molecular complexity index is 1280. The van der Waals surface area contributed by atoms with E-state index in [1.165, 1.54) is 30.3 Å². The number of aromatic amines is 1. The number of hydrogen-bond donors (Lipinski definition) is 3. The molecule has 5 rings (SSSR count). The van der Waals surface area contributed by atoms with Crippen LogP contribution in [-0.4, -0.2) is 67.1 Å². The minimum Gasteiger partial charge on any atom is -0.495 e. The Morgan fingerprint density at radius 3 is 2.68 bits per heavy atom. The van der Waals surface area contributed by atoms with Crippen molar-refractivity contribution in [2.24, 2.45) is 0 Å². The maximum atomic E-state index is 13.0. The highest BCUT2D eigenvalue weighted by Crippen LogP contribution is 2.33. The minimum absolute atomic E-state index is 0.178.